The van der Waals surface area contributed by atoms with Crippen LogP contribution in [0.5, 0.6) is 5.75 Å². The summed E-state index contributed by atoms with van der Waals surface area (Å²) in [5, 5.41) is 43.9. The van der Waals surface area contributed by atoms with Crippen LogP contribution >= 0.6 is 0 Å². The van der Waals surface area contributed by atoms with Gasteiger partial charge in [-0.05, 0) is 74.3 Å². The number of nitrogens with one attached hydrogen (secondary N) is 1. The van der Waals surface area contributed by atoms with E-state index in [4.69, 9.17) is 9.47 Å². The number of hydrogen-bond acceptors (Lipinski definition) is 8. The molecule has 1 amide bonds. The molecule has 1 aliphatic heterocycles. The van der Waals surface area contributed by atoms with E-state index in [1.165, 1.54) is 6.92 Å². The Morgan fingerprint density at radius 1 is 1.19 bits per heavy atom. The van der Waals surface area contributed by atoms with Crippen molar-refractivity contribution in [3.05, 3.63) is 53.6 Å². The highest BCUT2D eigenvalue weighted by atomic mass is 16.7. The Morgan fingerprint density at radius 3 is 2.54 bits per heavy atom. The zero-order valence-corrected chi connectivity index (χ0v) is 22.2. The summed E-state index contributed by atoms with van der Waals surface area (Å²) >= 11 is 0. The molecule has 1 saturated heterocycles. The molecule has 0 saturated carbocycles. The summed E-state index contributed by atoms with van der Waals surface area (Å²) < 4.78 is 11.7. The van der Waals surface area contributed by atoms with Gasteiger partial charge in [0, 0.05) is 18.7 Å². The molecule has 0 spiro atoms. The maximum atomic E-state index is 12.6. The summed E-state index contributed by atoms with van der Waals surface area (Å²) in [5.41, 5.74) is 1.28. The van der Waals surface area contributed by atoms with Crippen LogP contribution in [0.2, 0.25) is 0 Å². The minimum absolute atomic E-state index is 0.0881. The molecular weight excluding hydrogens is 476 g/mol. The third-order valence-electron chi connectivity index (χ3n) is 6.95. The Labute approximate surface area is 218 Å². The van der Waals surface area contributed by atoms with Gasteiger partial charge >= 0.3 is 0 Å². The van der Waals surface area contributed by atoms with Crippen LogP contribution in [-0.4, -0.2) is 95.2 Å². The number of aliphatic hydroxyl groups is 4. The molecule has 2 aromatic rings. The molecule has 9 heteroatoms. The van der Waals surface area contributed by atoms with Gasteiger partial charge in [0.05, 0.1) is 6.61 Å². The fraction of sp³-hybridized carbons (Fsp3) is 0.536. The van der Waals surface area contributed by atoms with E-state index in [0.717, 1.165) is 29.7 Å². The zero-order valence-electron chi connectivity index (χ0n) is 22.2. The number of likely N-dealkylation sites (N-methyl/N-ethyl adjacent to an activating group) is 1. The van der Waals surface area contributed by atoms with E-state index >= 15 is 0 Å². The van der Waals surface area contributed by atoms with E-state index in [-0.39, 0.29) is 11.8 Å². The van der Waals surface area contributed by atoms with Crippen LogP contribution in [0.4, 0.5) is 0 Å². The van der Waals surface area contributed by atoms with Crippen molar-refractivity contribution in [2.45, 2.75) is 63.3 Å². The van der Waals surface area contributed by atoms with Gasteiger partial charge in [-0.15, -0.1) is 0 Å². The molecular formula is C28H40N2O7. The quantitative estimate of drug-likeness (QED) is 0.323. The van der Waals surface area contributed by atoms with Crippen LogP contribution in [0, 0.1) is 0 Å². The lowest BCUT2D eigenvalue weighted by Gasteiger charge is -2.46. The van der Waals surface area contributed by atoms with E-state index in [0.29, 0.717) is 17.9 Å². The molecule has 1 aliphatic rings. The zero-order chi connectivity index (χ0) is 27.3. The maximum Gasteiger partial charge on any atom is 0.251 e. The molecule has 0 radical (unpaired) electrons. The molecule has 5 N–H and O–H groups in total. The molecule has 2 aromatic carbocycles. The van der Waals surface area contributed by atoms with E-state index in [2.05, 4.69) is 19.2 Å². The van der Waals surface area contributed by atoms with Gasteiger partial charge in [0.1, 0.15) is 24.1 Å². The smallest absolute Gasteiger partial charge is 0.251 e. The van der Waals surface area contributed by atoms with Crippen LogP contribution in [0.1, 0.15) is 49.0 Å². The van der Waals surface area contributed by atoms with E-state index in [1.54, 1.807) is 12.1 Å². The van der Waals surface area contributed by atoms with Crippen molar-refractivity contribution in [3.63, 3.8) is 0 Å². The fourth-order valence-corrected chi connectivity index (χ4v) is 4.25. The van der Waals surface area contributed by atoms with Crippen molar-refractivity contribution < 1.29 is 34.7 Å². The summed E-state index contributed by atoms with van der Waals surface area (Å²) in [4.78, 5) is 14.6. The standard InChI is InChI=1S/C28H40N2O7/c1-6-17(2)21-15-19(18-8-7-9-20(14-18)26(34)29-12-13-30(4)5)10-11-22(21)36-27-28(3,35)25(33)24(32)23(16-31)37-27/h7-11,14-15,17,23-25,27,31-33,35H,6,12-13,16H2,1-5H3,(H,29,34). The van der Waals surface area contributed by atoms with Gasteiger partial charge in [-0.3, -0.25) is 4.79 Å². The number of benzene rings is 2. The average molecular weight is 517 g/mol. The Balaban J connectivity index is 1.89. The number of ether oxygens (including phenoxy) is 2. The number of aliphatic hydroxyl groups excluding tert-OH is 3. The SMILES string of the molecule is CCC(C)c1cc(-c2cccc(C(=O)NCCN(C)C)c2)ccc1OC1OC(CO)C(O)C(O)C1(C)O. The van der Waals surface area contributed by atoms with Gasteiger partial charge in [0.15, 0.2) is 5.60 Å². The Bertz CT molecular complexity index is 1060. The molecule has 1 heterocycles. The van der Waals surface area contributed by atoms with Crippen molar-refractivity contribution in [1.29, 1.82) is 0 Å². The largest absolute Gasteiger partial charge is 0.461 e. The van der Waals surface area contributed by atoms with Gasteiger partial charge in [-0.25, -0.2) is 0 Å². The lowest BCUT2D eigenvalue weighted by molar-refractivity contribution is -0.315. The van der Waals surface area contributed by atoms with E-state index in [1.807, 2.05) is 49.3 Å². The van der Waals surface area contributed by atoms with Crippen molar-refractivity contribution in [2.75, 3.05) is 33.8 Å². The highest BCUT2D eigenvalue weighted by molar-refractivity contribution is 5.95. The molecule has 3 rings (SSSR count). The lowest BCUT2D eigenvalue weighted by Crippen LogP contribution is -2.66. The molecule has 6 atom stereocenters. The summed E-state index contributed by atoms with van der Waals surface area (Å²) in [5.74, 6) is 0.410. The van der Waals surface area contributed by atoms with Gasteiger partial charge in [0.25, 0.3) is 5.91 Å². The molecule has 204 valence electrons. The highest BCUT2D eigenvalue weighted by Crippen LogP contribution is 2.37. The second-order valence-electron chi connectivity index (χ2n) is 10.2. The molecule has 6 unspecified atom stereocenters. The predicted octanol–water partition coefficient (Wildman–Crippen LogP) is 1.73. The molecule has 0 bridgehead atoms. The van der Waals surface area contributed by atoms with E-state index < -0.39 is 36.8 Å². The second-order valence-corrected chi connectivity index (χ2v) is 10.2. The summed E-state index contributed by atoms with van der Waals surface area (Å²) in [6, 6.07) is 13.0. The van der Waals surface area contributed by atoms with Gasteiger partial charge < -0.3 is 40.1 Å². The first-order valence-electron chi connectivity index (χ1n) is 12.7. The normalized spacial score (nSPS) is 26.6. The Morgan fingerprint density at radius 2 is 1.89 bits per heavy atom. The Hall–Kier alpha value is -2.53. The number of rotatable bonds is 10. The van der Waals surface area contributed by atoms with Crippen LogP contribution in [0.15, 0.2) is 42.5 Å². The predicted molar refractivity (Wildman–Crippen MR) is 140 cm³/mol. The number of carbonyl (C=O) groups is 1. The lowest BCUT2D eigenvalue weighted by atomic mass is 9.88. The number of hydrogen-bond donors (Lipinski definition) is 5. The molecule has 0 aromatic heterocycles. The molecule has 9 nitrogen and oxygen atoms in total. The second kappa shape index (κ2) is 12.3. The van der Waals surface area contributed by atoms with Crippen molar-refractivity contribution in [2.24, 2.45) is 0 Å². The first-order chi connectivity index (χ1) is 17.5. The van der Waals surface area contributed by atoms with Crippen molar-refractivity contribution in [1.82, 2.24) is 10.2 Å². The van der Waals surface area contributed by atoms with Crippen LogP contribution in [0.25, 0.3) is 11.1 Å². The summed E-state index contributed by atoms with van der Waals surface area (Å²) in [7, 11) is 3.90. The first-order valence-corrected chi connectivity index (χ1v) is 12.7. The number of nitrogens with zero attached hydrogens (tertiary/aromatic N) is 1. The van der Waals surface area contributed by atoms with Crippen LogP contribution < -0.4 is 10.1 Å². The summed E-state index contributed by atoms with van der Waals surface area (Å²) in [6.07, 6.45) is -4.62. The van der Waals surface area contributed by atoms with Gasteiger partial charge in [-0.2, -0.15) is 0 Å². The minimum atomic E-state index is -1.91. The van der Waals surface area contributed by atoms with E-state index in [9.17, 15) is 25.2 Å². The van der Waals surface area contributed by atoms with Crippen LogP contribution in [0.3, 0.4) is 0 Å². The van der Waals surface area contributed by atoms with Gasteiger partial charge in [0.2, 0.25) is 6.29 Å². The maximum absolute atomic E-state index is 12.6. The molecule has 37 heavy (non-hydrogen) atoms. The minimum Gasteiger partial charge on any atom is -0.461 e. The number of carbonyl (C=O) groups excluding carboxylic acids is 1. The van der Waals surface area contributed by atoms with Crippen LogP contribution in [-0.2, 0) is 4.74 Å². The summed E-state index contributed by atoms with van der Waals surface area (Å²) in [6.45, 7) is 6.19. The van der Waals surface area contributed by atoms with Crippen molar-refractivity contribution >= 4 is 5.91 Å². The molecule has 1 fully saturated rings. The average Bonchev–Trinajstić information content (AvgIpc) is 2.88. The fourth-order valence-electron chi connectivity index (χ4n) is 4.25. The first kappa shape index (κ1) is 29.0. The third-order valence-corrected chi connectivity index (χ3v) is 6.95. The van der Waals surface area contributed by atoms with Gasteiger partial charge in [-0.1, -0.05) is 32.0 Å². The molecule has 0 aliphatic carbocycles. The topological polar surface area (TPSA) is 132 Å². The highest BCUT2D eigenvalue weighted by Gasteiger charge is 2.53. The third kappa shape index (κ3) is 6.67. The van der Waals surface area contributed by atoms with Crippen molar-refractivity contribution in [3.8, 4) is 16.9 Å². The Kier molecular flexibility index (Phi) is 9.68. The monoisotopic (exact) mass is 516 g/mol. The number of amides is 1.